The van der Waals surface area contributed by atoms with Crippen LogP contribution in [0.25, 0.3) is 27.7 Å². The van der Waals surface area contributed by atoms with E-state index in [1.165, 1.54) is 6.07 Å². The molecule has 1 saturated heterocycles. The van der Waals surface area contributed by atoms with E-state index >= 15 is 0 Å². The Bertz CT molecular complexity index is 1900. The Morgan fingerprint density at radius 1 is 0.810 bits per heavy atom. The van der Waals surface area contributed by atoms with Gasteiger partial charge in [0.1, 0.15) is 5.69 Å². The average molecular weight is 600 g/mol. The van der Waals surface area contributed by atoms with Gasteiger partial charge in [-0.3, -0.25) is 19.7 Å². The van der Waals surface area contributed by atoms with E-state index in [0.29, 0.717) is 69.5 Å². The summed E-state index contributed by atoms with van der Waals surface area (Å²) in [4.78, 5) is 42.0. The van der Waals surface area contributed by atoms with Gasteiger partial charge in [0.15, 0.2) is 0 Å². The number of nitro groups is 1. The monoisotopic (exact) mass is 599 g/mol. The van der Waals surface area contributed by atoms with E-state index in [2.05, 4.69) is 5.10 Å². The first kappa shape index (κ1) is 27.4. The molecule has 0 saturated carbocycles. The molecule has 0 N–H and O–H groups in total. The molecule has 0 atom stereocenters. The predicted octanol–water partition coefficient (Wildman–Crippen LogP) is 6.23. The Kier molecular flexibility index (Phi) is 7.36. The molecule has 5 aromatic rings. The maximum Gasteiger partial charge on any atom is 0.295 e. The number of benzene rings is 4. The third-order valence-electron chi connectivity index (χ3n) is 7.31. The highest BCUT2D eigenvalue weighted by Gasteiger charge is 2.26. The van der Waals surface area contributed by atoms with E-state index < -0.39 is 10.5 Å². The molecule has 0 spiro atoms. The number of aromatic nitrogens is 2. The molecule has 2 heterocycles. The van der Waals surface area contributed by atoms with Gasteiger partial charge in [0, 0.05) is 64.5 Å². The Morgan fingerprint density at radius 3 is 2.21 bits per heavy atom. The first-order chi connectivity index (χ1) is 20.3. The summed E-state index contributed by atoms with van der Waals surface area (Å²) in [6.07, 6.45) is 0. The van der Waals surface area contributed by atoms with E-state index in [4.69, 9.17) is 23.2 Å². The van der Waals surface area contributed by atoms with E-state index in [-0.39, 0.29) is 17.3 Å². The molecule has 1 aliphatic rings. The lowest BCUT2D eigenvalue weighted by Crippen LogP contribution is -2.48. The molecule has 1 fully saturated rings. The third kappa shape index (κ3) is 5.20. The van der Waals surface area contributed by atoms with Crippen LogP contribution in [0, 0.1) is 10.1 Å². The van der Waals surface area contributed by atoms with E-state index in [1.807, 2.05) is 11.0 Å². The highest BCUT2D eigenvalue weighted by molar-refractivity contribution is 6.31. The van der Waals surface area contributed by atoms with Crippen LogP contribution in [0.2, 0.25) is 10.0 Å². The average Bonchev–Trinajstić information content (AvgIpc) is 3.01. The van der Waals surface area contributed by atoms with Crippen molar-refractivity contribution in [2.45, 2.75) is 0 Å². The smallest absolute Gasteiger partial charge is 0.295 e. The molecule has 11 heteroatoms. The summed E-state index contributed by atoms with van der Waals surface area (Å²) in [5.41, 5.74) is 1.74. The topological polar surface area (TPSA) is 102 Å². The summed E-state index contributed by atoms with van der Waals surface area (Å²) in [6.45, 7) is 1.90. The zero-order chi connectivity index (χ0) is 29.4. The van der Waals surface area contributed by atoms with Crippen LogP contribution in [0.15, 0.2) is 95.8 Å². The number of nitro benzene ring substituents is 1. The van der Waals surface area contributed by atoms with Gasteiger partial charge in [0.25, 0.3) is 17.2 Å². The van der Waals surface area contributed by atoms with Crippen molar-refractivity contribution in [3.63, 3.8) is 0 Å². The number of piperazine rings is 1. The number of anilines is 1. The molecule has 1 aliphatic heterocycles. The number of amides is 1. The minimum absolute atomic E-state index is 0.0564. The maximum absolute atomic E-state index is 13.7. The predicted molar refractivity (Wildman–Crippen MR) is 164 cm³/mol. The quantitative estimate of drug-likeness (QED) is 0.175. The number of halogens is 2. The van der Waals surface area contributed by atoms with Crippen LogP contribution < -0.4 is 10.5 Å². The summed E-state index contributed by atoms with van der Waals surface area (Å²) in [5, 5.41) is 18.8. The second-order valence-electron chi connectivity index (χ2n) is 9.84. The molecule has 1 amide bonds. The maximum atomic E-state index is 13.7. The van der Waals surface area contributed by atoms with Crippen LogP contribution in [0.3, 0.4) is 0 Å². The van der Waals surface area contributed by atoms with Crippen LogP contribution >= 0.6 is 23.2 Å². The van der Waals surface area contributed by atoms with E-state index in [0.717, 1.165) is 4.68 Å². The van der Waals surface area contributed by atoms with Gasteiger partial charge in [-0.2, -0.15) is 9.78 Å². The number of rotatable bonds is 5. The largest absolute Gasteiger partial charge is 0.368 e. The number of fused-ring (bicyclic) bond motifs is 1. The van der Waals surface area contributed by atoms with Gasteiger partial charge in [0.2, 0.25) is 0 Å². The van der Waals surface area contributed by atoms with Crippen molar-refractivity contribution in [3.05, 3.63) is 127 Å². The van der Waals surface area contributed by atoms with Crippen LogP contribution in [-0.2, 0) is 0 Å². The van der Waals surface area contributed by atoms with Gasteiger partial charge in [-0.25, -0.2) is 0 Å². The van der Waals surface area contributed by atoms with Crippen LogP contribution in [-0.4, -0.2) is 51.7 Å². The first-order valence-electron chi connectivity index (χ1n) is 13.2. The Balaban J connectivity index is 1.38. The number of carbonyl (C=O) groups is 1. The standard InChI is InChI=1S/C31H23Cl2N5O4/c32-22-10-8-20(9-11-22)29-25-6-1-2-7-26(25)31(40)37(34-29)28-19-24(12-13-27(28)38(41)42)35-14-16-36(17-15-35)30(39)21-4-3-5-23(33)18-21/h1-13,18-19H,14-17H2. The SMILES string of the molecule is O=C(c1cccc(Cl)c1)N1CCN(c2ccc([N+](=O)[O-])c(-n3nc(-c4ccc(Cl)cc4)c4ccccc4c3=O)c2)CC1. The fourth-order valence-electron chi connectivity index (χ4n) is 5.18. The van der Waals surface area contributed by atoms with Gasteiger partial charge in [-0.1, -0.05) is 59.6 Å². The Labute approximate surface area is 250 Å². The zero-order valence-electron chi connectivity index (χ0n) is 22.1. The molecule has 0 bridgehead atoms. The van der Waals surface area contributed by atoms with Gasteiger partial charge < -0.3 is 9.80 Å². The lowest BCUT2D eigenvalue weighted by atomic mass is 10.0. The number of hydrogen-bond acceptors (Lipinski definition) is 6. The number of nitrogens with zero attached hydrogens (tertiary/aromatic N) is 5. The molecule has 0 radical (unpaired) electrons. The lowest BCUT2D eigenvalue weighted by Gasteiger charge is -2.36. The van der Waals surface area contributed by atoms with E-state index in [1.54, 1.807) is 83.8 Å². The molecule has 1 aromatic heterocycles. The fraction of sp³-hybridized carbons (Fsp3) is 0.129. The third-order valence-corrected chi connectivity index (χ3v) is 7.80. The second kappa shape index (κ2) is 11.3. The van der Waals surface area contributed by atoms with Gasteiger partial charge >= 0.3 is 0 Å². The molecule has 210 valence electrons. The Hall–Kier alpha value is -4.73. The molecule has 6 rings (SSSR count). The molecule has 42 heavy (non-hydrogen) atoms. The van der Waals surface area contributed by atoms with Gasteiger partial charge in [-0.15, -0.1) is 0 Å². The molecule has 4 aromatic carbocycles. The second-order valence-corrected chi connectivity index (χ2v) is 10.7. The van der Waals surface area contributed by atoms with Crippen molar-refractivity contribution in [1.29, 1.82) is 0 Å². The summed E-state index contributed by atoms with van der Waals surface area (Å²) in [6, 6.07) is 25.6. The van der Waals surface area contributed by atoms with Crippen molar-refractivity contribution in [2.24, 2.45) is 0 Å². The minimum atomic E-state index is -0.522. The first-order valence-corrected chi connectivity index (χ1v) is 13.9. The molecular formula is C31H23Cl2N5O4. The van der Waals surface area contributed by atoms with Crippen molar-refractivity contribution >= 4 is 51.3 Å². The normalized spacial score (nSPS) is 13.4. The van der Waals surface area contributed by atoms with Crippen molar-refractivity contribution in [2.75, 3.05) is 31.1 Å². The van der Waals surface area contributed by atoms with E-state index in [9.17, 15) is 19.7 Å². The number of hydrogen-bond donors (Lipinski definition) is 0. The minimum Gasteiger partial charge on any atom is -0.368 e. The van der Waals surface area contributed by atoms with Crippen LogP contribution in [0.1, 0.15) is 10.4 Å². The Morgan fingerprint density at radius 2 is 1.52 bits per heavy atom. The van der Waals surface area contributed by atoms with Crippen molar-refractivity contribution < 1.29 is 9.72 Å². The lowest BCUT2D eigenvalue weighted by molar-refractivity contribution is -0.384. The highest BCUT2D eigenvalue weighted by Crippen LogP contribution is 2.31. The summed E-state index contributed by atoms with van der Waals surface area (Å²) >= 11 is 12.2. The van der Waals surface area contributed by atoms with Gasteiger partial charge in [-0.05, 0) is 48.5 Å². The molecule has 9 nitrogen and oxygen atoms in total. The molecule has 0 unspecified atom stereocenters. The van der Waals surface area contributed by atoms with Gasteiger partial charge in [0.05, 0.1) is 16.0 Å². The summed E-state index contributed by atoms with van der Waals surface area (Å²) in [7, 11) is 0. The van der Waals surface area contributed by atoms with Crippen molar-refractivity contribution in [3.8, 4) is 16.9 Å². The fourth-order valence-corrected chi connectivity index (χ4v) is 5.49. The van der Waals surface area contributed by atoms with Crippen LogP contribution in [0.4, 0.5) is 11.4 Å². The summed E-state index contributed by atoms with van der Waals surface area (Å²) in [5.74, 6) is -0.108. The zero-order valence-corrected chi connectivity index (χ0v) is 23.6. The number of carbonyl (C=O) groups excluding carboxylic acids is 1. The summed E-state index contributed by atoms with van der Waals surface area (Å²) < 4.78 is 1.10. The van der Waals surface area contributed by atoms with Crippen molar-refractivity contribution in [1.82, 2.24) is 14.7 Å². The molecule has 0 aliphatic carbocycles. The molecular weight excluding hydrogens is 577 g/mol. The van der Waals surface area contributed by atoms with Crippen LogP contribution in [0.5, 0.6) is 0 Å². The highest BCUT2D eigenvalue weighted by atomic mass is 35.5.